The van der Waals surface area contributed by atoms with E-state index in [0.717, 1.165) is 64.8 Å². The molecule has 13 heteroatoms. The largest absolute Gasteiger partial charge is 0.353 e. The van der Waals surface area contributed by atoms with Crippen molar-refractivity contribution < 1.29 is 37.8 Å². The van der Waals surface area contributed by atoms with Gasteiger partial charge in [-0.15, -0.1) is 0 Å². The molecule has 4 aliphatic rings. The second-order valence-corrected chi connectivity index (χ2v) is 17.8. The van der Waals surface area contributed by atoms with Crippen molar-refractivity contribution >= 4 is 25.1 Å². The van der Waals surface area contributed by atoms with Crippen LogP contribution < -0.4 is 0 Å². The molecule has 4 rings (SSSR count). The van der Waals surface area contributed by atoms with Crippen molar-refractivity contribution in [3.05, 3.63) is 0 Å². The molecule has 0 aromatic carbocycles. The van der Waals surface area contributed by atoms with Gasteiger partial charge in [0.25, 0.3) is 11.8 Å². The van der Waals surface area contributed by atoms with E-state index in [-0.39, 0.29) is 54.8 Å². The van der Waals surface area contributed by atoms with Crippen molar-refractivity contribution in [3.63, 3.8) is 0 Å². The van der Waals surface area contributed by atoms with E-state index in [4.69, 9.17) is 18.8 Å². The molecule has 2 unspecified atom stereocenters. The third-order valence-electron chi connectivity index (χ3n) is 9.19. The molecule has 12 nitrogen and oxygen atoms in total. The number of hydrogen-bond donors (Lipinski definition) is 0. The first-order valence-corrected chi connectivity index (χ1v) is 19.7. The van der Waals surface area contributed by atoms with Crippen molar-refractivity contribution in [2.24, 2.45) is 11.3 Å². The number of hydrogen-bond acceptors (Lipinski definition) is 9. The van der Waals surface area contributed by atoms with Crippen molar-refractivity contribution in [1.82, 2.24) is 19.8 Å². The number of ether oxygens (including phenoxy) is 2. The molecule has 4 aliphatic heterocycles. The van der Waals surface area contributed by atoms with Gasteiger partial charge < -0.3 is 28.7 Å². The molecule has 0 spiro atoms. The van der Waals surface area contributed by atoms with E-state index in [1.165, 1.54) is 11.7 Å². The molecule has 6 atom stereocenters. The number of carbonyl (C=O) groups is 3. The highest BCUT2D eigenvalue weighted by Gasteiger charge is 2.55. The molecule has 0 aromatic rings. The molecule has 264 valence electrons. The Morgan fingerprint density at radius 1 is 1.09 bits per heavy atom. The Balaban J connectivity index is 1.49. The quantitative estimate of drug-likeness (QED) is 0.197. The van der Waals surface area contributed by atoms with Crippen LogP contribution in [0.3, 0.4) is 0 Å². The normalized spacial score (nSPS) is 29.4. The zero-order valence-electron chi connectivity index (χ0n) is 29.3. The molecule has 0 bridgehead atoms. The number of likely N-dealkylation sites (tertiary alicyclic amines) is 1. The minimum Gasteiger partial charge on any atom is -0.353 e. The molecule has 0 aliphatic carbocycles. The smallest absolute Gasteiger partial charge is 0.257 e. The number of carbonyl (C=O) groups excluding carboxylic acids is 3. The van der Waals surface area contributed by atoms with Gasteiger partial charge in [0, 0.05) is 39.0 Å². The monoisotopic (exact) mass is 670 g/mol. The highest BCUT2D eigenvalue weighted by atomic mass is 31.2. The van der Waals surface area contributed by atoms with Crippen molar-refractivity contribution in [1.29, 1.82) is 0 Å². The highest BCUT2D eigenvalue weighted by molar-refractivity contribution is 7.59. The van der Waals surface area contributed by atoms with Gasteiger partial charge >= 0.3 is 0 Å². The molecule has 46 heavy (non-hydrogen) atoms. The second kappa shape index (κ2) is 16.2. The maximum Gasteiger partial charge on any atom is 0.257 e. The van der Waals surface area contributed by atoms with Gasteiger partial charge in [0.15, 0.2) is 18.6 Å². The number of nitrogens with zero attached hydrogens (tertiary/aromatic N) is 4. The van der Waals surface area contributed by atoms with Crippen LogP contribution in [0, 0.1) is 11.3 Å². The lowest BCUT2D eigenvalue weighted by Gasteiger charge is -2.55. The number of hydroxylamine groups is 2. The molecule has 0 aromatic heterocycles. The summed E-state index contributed by atoms with van der Waals surface area (Å²) in [6.45, 7) is 17.7. The summed E-state index contributed by atoms with van der Waals surface area (Å²) in [5.74, 6) is -0.699. The van der Waals surface area contributed by atoms with Crippen LogP contribution in [-0.2, 0) is 37.8 Å². The van der Waals surface area contributed by atoms with Crippen LogP contribution in [0.1, 0.15) is 92.9 Å². The minimum atomic E-state index is -3.23. The Kier molecular flexibility index (Phi) is 13.1. The Morgan fingerprint density at radius 2 is 1.85 bits per heavy atom. The molecule has 0 radical (unpaired) electrons. The number of fused-ring (bicyclic) bond motifs is 1. The fourth-order valence-electron chi connectivity index (χ4n) is 7.07. The fourth-order valence-corrected chi connectivity index (χ4v) is 8.34. The molecule has 0 saturated carbocycles. The van der Waals surface area contributed by atoms with Crippen LogP contribution in [0.15, 0.2) is 0 Å². The first-order valence-electron chi connectivity index (χ1n) is 17.5. The van der Waals surface area contributed by atoms with Crippen LogP contribution >= 0.6 is 7.37 Å². The van der Waals surface area contributed by atoms with Gasteiger partial charge in [-0.3, -0.25) is 23.8 Å². The van der Waals surface area contributed by atoms with Gasteiger partial charge in [0.1, 0.15) is 12.2 Å². The molecule has 4 heterocycles. The van der Waals surface area contributed by atoms with Gasteiger partial charge in [0.05, 0.1) is 13.2 Å². The van der Waals surface area contributed by atoms with Gasteiger partial charge in [0.2, 0.25) is 13.3 Å². The Morgan fingerprint density at radius 3 is 2.50 bits per heavy atom. The van der Waals surface area contributed by atoms with E-state index in [1.807, 2.05) is 18.7 Å². The third kappa shape index (κ3) is 9.98. The van der Waals surface area contributed by atoms with Crippen molar-refractivity contribution in [2.45, 2.75) is 124 Å². The van der Waals surface area contributed by atoms with Crippen LogP contribution in [0.4, 0.5) is 0 Å². The predicted octanol–water partition coefficient (Wildman–Crippen LogP) is 4.32. The summed E-state index contributed by atoms with van der Waals surface area (Å²) < 4.78 is 30.1. The Labute approximate surface area is 276 Å². The maximum atomic E-state index is 14.3. The fraction of sp³-hybridized carbons (Fsp3) is 0.909. The van der Waals surface area contributed by atoms with Gasteiger partial charge in [-0.1, -0.05) is 34.6 Å². The Hall–Kier alpha value is -1.56. The van der Waals surface area contributed by atoms with Gasteiger partial charge in [-0.25, -0.2) is 0 Å². The van der Waals surface area contributed by atoms with Crippen molar-refractivity contribution in [3.8, 4) is 0 Å². The van der Waals surface area contributed by atoms with E-state index >= 15 is 0 Å². The van der Waals surface area contributed by atoms with E-state index in [9.17, 15) is 18.9 Å². The van der Waals surface area contributed by atoms with Crippen LogP contribution in [0.25, 0.3) is 0 Å². The van der Waals surface area contributed by atoms with Gasteiger partial charge in [-0.05, 0) is 76.2 Å². The van der Waals surface area contributed by atoms with Crippen LogP contribution in [0.2, 0.25) is 0 Å². The topological polar surface area (TPSA) is 118 Å². The Bertz CT molecular complexity index is 1090. The molecule has 3 amide bonds. The summed E-state index contributed by atoms with van der Waals surface area (Å²) in [7, 11) is -3.23. The molecule has 4 saturated heterocycles. The van der Waals surface area contributed by atoms with E-state index in [2.05, 4.69) is 25.7 Å². The average molecular weight is 671 g/mol. The summed E-state index contributed by atoms with van der Waals surface area (Å²) in [5.41, 5.74) is -0.255. The van der Waals surface area contributed by atoms with E-state index in [1.54, 1.807) is 11.8 Å². The molecular formula is C33H59N4O8P. The summed E-state index contributed by atoms with van der Waals surface area (Å²) in [5, 5.41) is 1.25. The molecule has 4 fully saturated rings. The number of amides is 3. The number of rotatable bonds is 14. The summed E-state index contributed by atoms with van der Waals surface area (Å²) in [6.07, 6.45) is 4.74. The summed E-state index contributed by atoms with van der Waals surface area (Å²) in [4.78, 5) is 54.2. The first kappa shape index (κ1) is 37.3. The van der Waals surface area contributed by atoms with E-state index in [0.29, 0.717) is 19.4 Å². The summed E-state index contributed by atoms with van der Waals surface area (Å²) >= 11 is 0. The zero-order chi connectivity index (χ0) is 33.6. The van der Waals surface area contributed by atoms with Crippen molar-refractivity contribution in [2.75, 3.05) is 58.8 Å². The maximum absolute atomic E-state index is 14.3. The predicted molar refractivity (Wildman–Crippen MR) is 175 cm³/mol. The average Bonchev–Trinajstić information content (AvgIpc) is 3.43. The minimum absolute atomic E-state index is 0.0369. The van der Waals surface area contributed by atoms with E-state index < -0.39 is 31.6 Å². The lowest BCUT2D eigenvalue weighted by atomic mass is 9.85. The van der Waals surface area contributed by atoms with Crippen LogP contribution in [0.5, 0.6) is 0 Å². The number of piperazine rings is 1. The second-order valence-electron chi connectivity index (χ2n) is 15.1. The standard InChI is InChI=1S/C33H59N4O8P/c1-8-44-46(7,41)23-29(38)37-28-22-35(25-14-16-34(21-25)15-10-12-18-43-30-13-9-11-17-42-30)31(39)26(20-33(4,5)6)36(28)32(40)27(45-37)19-24(2)3/h24-28,30H,8-23H2,1-7H3/t25-,26+,27+,28-,30?,46?/m1/s1. The highest BCUT2D eigenvalue weighted by Crippen LogP contribution is 2.43. The lowest BCUT2D eigenvalue weighted by molar-refractivity contribution is -0.277. The summed E-state index contributed by atoms with van der Waals surface area (Å²) in [6, 6.07) is -0.765. The number of unbranched alkanes of at least 4 members (excludes halogenated alkanes) is 1. The zero-order valence-corrected chi connectivity index (χ0v) is 30.2. The van der Waals surface area contributed by atoms with Gasteiger partial charge in [-0.2, -0.15) is 5.06 Å². The van der Waals surface area contributed by atoms with Crippen LogP contribution in [-0.4, -0.2) is 127 Å². The first-order chi connectivity index (χ1) is 21.7. The SMILES string of the molecule is CCOP(C)(=O)CC(=O)N1O[C@@H](CC(C)C)C(=O)N2[C@@H](CC(C)(C)C)C(=O)N([C@@H]3CCN(CCCCOC4CCCCO4)C3)C[C@@H]12. The third-order valence-corrected chi connectivity index (χ3v) is 10.8. The molecule has 0 N–H and O–H groups in total. The molecular weight excluding hydrogens is 611 g/mol. The lowest BCUT2D eigenvalue weighted by Crippen LogP contribution is -2.75.